The summed E-state index contributed by atoms with van der Waals surface area (Å²) >= 11 is 0.887. The minimum Gasteiger partial charge on any atom is -0.379 e. The number of halogens is 3. The molecule has 0 saturated carbocycles. The number of hydrazine groups is 1. The third kappa shape index (κ3) is 5.43. The first-order chi connectivity index (χ1) is 13.3. The van der Waals surface area contributed by atoms with Crippen LogP contribution in [-0.4, -0.2) is 52.4 Å². The molecule has 3 rings (SSSR count). The van der Waals surface area contributed by atoms with Gasteiger partial charge >= 0.3 is 6.18 Å². The third-order valence-corrected chi connectivity index (χ3v) is 4.96. The molecule has 1 aliphatic heterocycles. The van der Waals surface area contributed by atoms with Crippen LogP contribution in [0.4, 0.5) is 13.2 Å². The number of benzene rings is 1. The zero-order valence-corrected chi connectivity index (χ0v) is 15.9. The molecule has 0 spiro atoms. The zero-order chi connectivity index (χ0) is 20.1. The molecule has 1 aromatic heterocycles. The monoisotopic (exact) mass is 412 g/mol. The van der Waals surface area contributed by atoms with Gasteiger partial charge in [0.15, 0.2) is 5.16 Å². The molecule has 1 atom stereocenters. The van der Waals surface area contributed by atoms with Gasteiger partial charge in [-0.2, -0.15) is 13.2 Å². The summed E-state index contributed by atoms with van der Waals surface area (Å²) in [5.74, 6) is -0.325. The van der Waals surface area contributed by atoms with Crippen LogP contribution >= 0.6 is 11.8 Å². The van der Waals surface area contributed by atoms with Gasteiger partial charge in [0, 0.05) is 18.7 Å². The van der Waals surface area contributed by atoms with Crippen LogP contribution < -0.4 is 5.43 Å². The number of alkyl halides is 3. The van der Waals surface area contributed by atoms with Crippen molar-refractivity contribution in [2.45, 2.75) is 23.5 Å². The molecule has 2 aromatic rings. The average molecular weight is 412 g/mol. The van der Waals surface area contributed by atoms with Crippen molar-refractivity contribution in [2.24, 2.45) is 0 Å². The van der Waals surface area contributed by atoms with Crippen molar-refractivity contribution in [1.82, 2.24) is 20.4 Å². The van der Waals surface area contributed by atoms with Gasteiger partial charge < -0.3 is 4.74 Å². The lowest BCUT2D eigenvalue weighted by Gasteiger charge is -2.27. The molecule has 10 heteroatoms. The highest BCUT2D eigenvalue weighted by Crippen LogP contribution is 2.32. The molecule has 1 unspecified atom stereocenters. The maximum atomic E-state index is 13.3. The molecule has 28 heavy (non-hydrogen) atoms. The Labute approximate surface area is 164 Å². The van der Waals surface area contributed by atoms with E-state index in [0.717, 1.165) is 17.8 Å². The molecule has 1 amide bonds. The highest BCUT2D eigenvalue weighted by Gasteiger charge is 2.34. The number of hydrogen-bond donors (Lipinski definition) is 1. The van der Waals surface area contributed by atoms with Crippen molar-refractivity contribution in [3.63, 3.8) is 0 Å². The Hall–Kier alpha value is -2.17. The second kappa shape index (κ2) is 8.89. The maximum Gasteiger partial charge on any atom is 0.433 e. The molecule has 1 aliphatic rings. The highest BCUT2D eigenvalue weighted by atomic mass is 32.2. The summed E-state index contributed by atoms with van der Waals surface area (Å²) < 4.78 is 45.0. The van der Waals surface area contributed by atoms with Crippen molar-refractivity contribution in [3.8, 4) is 11.3 Å². The lowest BCUT2D eigenvalue weighted by Crippen LogP contribution is -2.50. The first-order valence-electron chi connectivity index (χ1n) is 8.64. The van der Waals surface area contributed by atoms with Crippen LogP contribution in [-0.2, 0) is 15.7 Å². The normalized spacial score (nSPS) is 16.6. The number of aromatic nitrogens is 2. The van der Waals surface area contributed by atoms with Crippen LogP contribution in [0.5, 0.6) is 0 Å². The van der Waals surface area contributed by atoms with E-state index < -0.39 is 17.1 Å². The molecule has 0 aliphatic carbocycles. The van der Waals surface area contributed by atoms with E-state index in [9.17, 15) is 18.0 Å². The number of carbonyl (C=O) groups is 1. The largest absolute Gasteiger partial charge is 0.433 e. The molecular formula is C18H19F3N4O2S. The number of morpholine rings is 1. The lowest BCUT2D eigenvalue weighted by atomic mass is 10.1. The van der Waals surface area contributed by atoms with Gasteiger partial charge in [-0.15, -0.1) is 0 Å². The van der Waals surface area contributed by atoms with Crippen molar-refractivity contribution in [3.05, 3.63) is 42.1 Å². The fourth-order valence-electron chi connectivity index (χ4n) is 2.51. The molecule has 0 bridgehead atoms. The number of rotatable bonds is 5. The molecule has 2 heterocycles. The van der Waals surface area contributed by atoms with Crippen LogP contribution in [0.3, 0.4) is 0 Å². The van der Waals surface area contributed by atoms with Crippen molar-refractivity contribution < 1.29 is 22.7 Å². The van der Waals surface area contributed by atoms with E-state index in [4.69, 9.17) is 4.74 Å². The first kappa shape index (κ1) is 20.6. The van der Waals surface area contributed by atoms with Crippen LogP contribution in [0.15, 0.2) is 41.6 Å². The SMILES string of the molecule is CC(Sc1nc(-c2ccccc2)cc(C(F)(F)F)n1)C(=O)NN1CCOCC1. The van der Waals surface area contributed by atoms with E-state index in [0.29, 0.717) is 31.9 Å². The van der Waals surface area contributed by atoms with Gasteiger partial charge in [-0.25, -0.2) is 15.0 Å². The standard InChI is InChI=1S/C18H19F3N4O2S/c1-12(16(26)24-25-7-9-27-10-8-25)28-17-22-14(13-5-3-2-4-6-13)11-15(23-17)18(19,20)21/h2-6,11-12H,7-10H2,1H3,(H,24,26). The number of hydrogen-bond acceptors (Lipinski definition) is 6. The summed E-state index contributed by atoms with van der Waals surface area (Å²) in [7, 11) is 0. The zero-order valence-electron chi connectivity index (χ0n) is 15.1. The van der Waals surface area contributed by atoms with E-state index in [2.05, 4.69) is 15.4 Å². The Kier molecular flexibility index (Phi) is 6.53. The van der Waals surface area contributed by atoms with Gasteiger partial charge in [-0.05, 0) is 13.0 Å². The van der Waals surface area contributed by atoms with Gasteiger partial charge in [-0.1, -0.05) is 42.1 Å². The van der Waals surface area contributed by atoms with E-state index in [1.807, 2.05) is 0 Å². The minimum absolute atomic E-state index is 0.0988. The predicted octanol–water partition coefficient (Wildman–Crippen LogP) is 3.01. The minimum atomic E-state index is -4.61. The third-order valence-electron chi connectivity index (χ3n) is 4.00. The number of carbonyl (C=O) groups excluding carboxylic acids is 1. The lowest BCUT2D eigenvalue weighted by molar-refractivity contribution is -0.141. The summed E-state index contributed by atoms with van der Waals surface area (Å²) in [6, 6.07) is 9.46. The molecule has 0 radical (unpaired) electrons. The number of ether oxygens (including phenoxy) is 1. The summed E-state index contributed by atoms with van der Waals surface area (Å²) in [5.41, 5.74) is 2.41. The topological polar surface area (TPSA) is 67.4 Å². The highest BCUT2D eigenvalue weighted by molar-refractivity contribution is 8.00. The quantitative estimate of drug-likeness (QED) is 0.602. The number of thioether (sulfide) groups is 1. The molecule has 1 N–H and O–H groups in total. The number of nitrogens with zero attached hydrogens (tertiary/aromatic N) is 3. The molecular weight excluding hydrogens is 393 g/mol. The van der Waals surface area contributed by atoms with Crippen LogP contribution in [0.25, 0.3) is 11.3 Å². The number of nitrogens with one attached hydrogen (secondary N) is 1. The Morgan fingerprint density at radius 2 is 1.89 bits per heavy atom. The Balaban J connectivity index is 1.79. The van der Waals surface area contributed by atoms with E-state index in [1.165, 1.54) is 0 Å². The van der Waals surface area contributed by atoms with Crippen molar-refractivity contribution in [1.29, 1.82) is 0 Å². The fraction of sp³-hybridized carbons (Fsp3) is 0.389. The van der Waals surface area contributed by atoms with Crippen molar-refractivity contribution >= 4 is 17.7 Å². The van der Waals surface area contributed by atoms with Gasteiger partial charge in [-0.3, -0.25) is 10.2 Å². The van der Waals surface area contributed by atoms with Gasteiger partial charge in [0.05, 0.1) is 24.2 Å². The van der Waals surface area contributed by atoms with Crippen LogP contribution in [0.1, 0.15) is 12.6 Å². The van der Waals surface area contributed by atoms with E-state index >= 15 is 0 Å². The van der Waals surface area contributed by atoms with Gasteiger partial charge in [0.2, 0.25) is 5.91 Å². The summed E-state index contributed by atoms with van der Waals surface area (Å²) in [4.78, 5) is 20.2. The molecule has 1 fully saturated rings. The first-order valence-corrected chi connectivity index (χ1v) is 9.52. The van der Waals surface area contributed by atoms with E-state index in [1.54, 1.807) is 42.3 Å². The number of amides is 1. The average Bonchev–Trinajstić information content (AvgIpc) is 2.68. The molecule has 150 valence electrons. The summed E-state index contributed by atoms with van der Waals surface area (Å²) in [6.45, 7) is 3.74. The maximum absolute atomic E-state index is 13.3. The molecule has 1 saturated heterocycles. The Bertz CT molecular complexity index is 814. The predicted molar refractivity (Wildman–Crippen MR) is 98.3 cm³/mol. The Morgan fingerprint density at radius 1 is 1.21 bits per heavy atom. The van der Waals surface area contributed by atoms with Gasteiger partial charge in [0.1, 0.15) is 5.69 Å². The van der Waals surface area contributed by atoms with E-state index in [-0.39, 0.29) is 16.8 Å². The molecule has 6 nitrogen and oxygen atoms in total. The Morgan fingerprint density at radius 3 is 2.54 bits per heavy atom. The second-order valence-corrected chi connectivity index (χ2v) is 7.43. The summed E-state index contributed by atoms with van der Waals surface area (Å²) in [5, 5.41) is 0.957. The fourth-order valence-corrected chi connectivity index (χ4v) is 3.29. The molecule has 1 aromatic carbocycles. The van der Waals surface area contributed by atoms with Crippen molar-refractivity contribution in [2.75, 3.05) is 26.3 Å². The van der Waals surface area contributed by atoms with Gasteiger partial charge in [0.25, 0.3) is 0 Å². The summed E-state index contributed by atoms with van der Waals surface area (Å²) in [6.07, 6.45) is -4.61. The smallest absolute Gasteiger partial charge is 0.379 e. The van der Waals surface area contributed by atoms with Crippen LogP contribution in [0, 0.1) is 0 Å². The van der Waals surface area contributed by atoms with Crippen LogP contribution in [0.2, 0.25) is 0 Å². The second-order valence-electron chi connectivity index (χ2n) is 6.12.